The van der Waals surface area contributed by atoms with Crippen molar-refractivity contribution in [2.75, 3.05) is 32.1 Å². The summed E-state index contributed by atoms with van der Waals surface area (Å²) in [5.74, 6) is 0.327. The summed E-state index contributed by atoms with van der Waals surface area (Å²) in [4.78, 5) is 33.4. The lowest BCUT2D eigenvalue weighted by molar-refractivity contribution is -0.132. The van der Waals surface area contributed by atoms with E-state index in [-0.39, 0.29) is 17.2 Å². The number of thiophene rings is 2. The summed E-state index contributed by atoms with van der Waals surface area (Å²) in [6, 6.07) is 3.98. The number of hydrogen-bond donors (Lipinski definition) is 0. The van der Waals surface area contributed by atoms with E-state index in [0.29, 0.717) is 36.8 Å². The SMILES string of the molecule is Cn1c(SCC(=O)N2CCOCC2)nc2scc(-c3cccs3)c2c1=O. The maximum Gasteiger partial charge on any atom is 0.263 e. The summed E-state index contributed by atoms with van der Waals surface area (Å²) in [6.07, 6.45) is 0. The van der Waals surface area contributed by atoms with E-state index in [2.05, 4.69) is 4.98 Å². The summed E-state index contributed by atoms with van der Waals surface area (Å²) in [5.41, 5.74) is 0.870. The number of amides is 1. The van der Waals surface area contributed by atoms with Gasteiger partial charge in [-0.3, -0.25) is 14.2 Å². The van der Waals surface area contributed by atoms with Gasteiger partial charge in [0.05, 0.1) is 24.4 Å². The number of fused-ring (bicyclic) bond motifs is 1. The number of nitrogens with zero attached hydrogens (tertiary/aromatic N) is 3. The lowest BCUT2D eigenvalue weighted by Gasteiger charge is -2.26. The number of aromatic nitrogens is 2. The minimum atomic E-state index is -0.0685. The normalized spacial score (nSPS) is 14.9. The third-order valence-electron chi connectivity index (χ3n) is 4.25. The van der Waals surface area contributed by atoms with Crippen molar-refractivity contribution in [1.82, 2.24) is 14.5 Å². The van der Waals surface area contributed by atoms with Crippen molar-refractivity contribution < 1.29 is 9.53 Å². The van der Waals surface area contributed by atoms with Gasteiger partial charge in [0.2, 0.25) is 5.91 Å². The lowest BCUT2D eigenvalue weighted by atomic mass is 10.2. The number of carbonyl (C=O) groups excluding carboxylic acids is 1. The Balaban J connectivity index is 1.60. The van der Waals surface area contributed by atoms with Gasteiger partial charge in [0.25, 0.3) is 5.56 Å². The number of morpholine rings is 1. The van der Waals surface area contributed by atoms with Crippen molar-refractivity contribution >= 4 is 50.6 Å². The van der Waals surface area contributed by atoms with Gasteiger partial charge in [-0.05, 0) is 11.4 Å². The Morgan fingerprint density at radius 2 is 2.15 bits per heavy atom. The minimum absolute atomic E-state index is 0.0538. The molecular formula is C17H17N3O3S3. The first-order valence-electron chi connectivity index (χ1n) is 8.15. The second kappa shape index (κ2) is 7.51. The Bertz CT molecular complexity index is 988. The van der Waals surface area contributed by atoms with Crippen LogP contribution in [-0.4, -0.2) is 52.4 Å². The van der Waals surface area contributed by atoms with Crippen molar-refractivity contribution in [1.29, 1.82) is 0 Å². The van der Waals surface area contributed by atoms with E-state index in [4.69, 9.17) is 4.74 Å². The van der Waals surface area contributed by atoms with Crippen LogP contribution in [0, 0.1) is 0 Å². The summed E-state index contributed by atoms with van der Waals surface area (Å²) in [7, 11) is 1.71. The van der Waals surface area contributed by atoms with Crippen LogP contribution in [0.3, 0.4) is 0 Å². The second-order valence-electron chi connectivity index (χ2n) is 5.85. The van der Waals surface area contributed by atoms with Gasteiger partial charge in [-0.25, -0.2) is 4.98 Å². The first-order chi connectivity index (χ1) is 12.6. The zero-order valence-electron chi connectivity index (χ0n) is 14.1. The molecule has 0 unspecified atom stereocenters. The Labute approximate surface area is 162 Å². The van der Waals surface area contributed by atoms with Gasteiger partial charge in [-0.15, -0.1) is 22.7 Å². The molecule has 0 atom stereocenters. The van der Waals surface area contributed by atoms with Crippen molar-refractivity contribution in [2.45, 2.75) is 5.16 Å². The number of hydrogen-bond acceptors (Lipinski definition) is 7. The Morgan fingerprint density at radius 3 is 2.88 bits per heavy atom. The quantitative estimate of drug-likeness (QED) is 0.491. The third kappa shape index (κ3) is 3.32. The highest BCUT2D eigenvalue weighted by Gasteiger charge is 2.20. The van der Waals surface area contributed by atoms with Gasteiger partial charge in [-0.2, -0.15) is 0 Å². The van der Waals surface area contributed by atoms with Crippen LogP contribution in [0.1, 0.15) is 0 Å². The average molecular weight is 408 g/mol. The molecule has 0 saturated carbocycles. The molecule has 0 aromatic carbocycles. The van der Waals surface area contributed by atoms with Crippen LogP contribution >= 0.6 is 34.4 Å². The largest absolute Gasteiger partial charge is 0.378 e. The molecule has 3 aromatic rings. The predicted octanol–water partition coefficient (Wildman–Crippen LogP) is 2.67. The lowest BCUT2D eigenvalue weighted by Crippen LogP contribution is -2.41. The molecule has 3 aromatic heterocycles. The van der Waals surface area contributed by atoms with E-state index in [1.54, 1.807) is 27.9 Å². The van der Waals surface area contributed by atoms with Crippen LogP contribution in [0.25, 0.3) is 20.7 Å². The van der Waals surface area contributed by atoms with Gasteiger partial charge >= 0.3 is 0 Å². The second-order valence-corrected chi connectivity index (χ2v) is 8.60. The number of ether oxygens (including phenoxy) is 1. The van der Waals surface area contributed by atoms with E-state index >= 15 is 0 Å². The van der Waals surface area contributed by atoms with Crippen LogP contribution in [0.15, 0.2) is 32.8 Å². The predicted molar refractivity (Wildman–Crippen MR) is 106 cm³/mol. The molecule has 9 heteroatoms. The maximum absolute atomic E-state index is 12.9. The molecule has 26 heavy (non-hydrogen) atoms. The van der Waals surface area contributed by atoms with E-state index in [9.17, 15) is 9.59 Å². The zero-order chi connectivity index (χ0) is 18.1. The van der Waals surface area contributed by atoms with Gasteiger partial charge in [0.15, 0.2) is 5.16 Å². The highest BCUT2D eigenvalue weighted by molar-refractivity contribution is 7.99. The highest BCUT2D eigenvalue weighted by Crippen LogP contribution is 2.34. The van der Waals surface area contributed by atoms with Crippen LogP contribution in [0.2, 0.25) is 0 Å². The number of rotatable bonds is 4. The van der Waals surface area contributed by atoms with E-state index in [1.165, 1.54) is 23.1 Å². The van der Waals surface area contributed by atoms with Gasteiger partial charge in [-0.1, -0.05) is 17.8 Å². The summed E-state index contributed by atoms with van der Waals surface area (Å²) < 4.78 is 6.82. The van der Waals surface area contributed by atoms with Crippen LogP contribution < -0.4 is 5.56 Å². The molecule has 4 rings (SSSR count). The molecule has 1 amide bonds. The molecule has 6 nitrogen and oxygen atoms in total. The van der Waals surface area contributed by atoms with Crippen molar-refractivity contribution in [2.24, 2.45) is 7.05 Å². The molecule has 0 N–H and O–H groups in total. The summed E-state index contributed by atoms with van der Waals surface area (Å²) in [5, 5.41) is 5.21. The first-order valence-corrected chi connectivity index (χ1v) is 10.9. The van der Waals surface area contributed by atoms with E-state index < -0.39 is 0 Å². The molecular weight excluding hydrogens is 390 g/mol. The first kappa shape index (κ1) is 17.7. The fourth-order valence-corrected chi connectivity index (χ4v) is 5.50. The molecule has 0 aliphatic carbocycles. The topological polar surface area (TPSA) is 64.4 Å². The molecule has 136 valence electrons. The molecule has 0 radical (unpaired) electrons. The van der Waals surface area contributed by atoms with Gasteiger partial charge < -0.3 is 9.64 Å². The fourth-order valence-electron chi connectivity index (χ4n) is 2.83. The average Bonchev–Trinajstić information content (AvgIpc) is 3.33. The Hall–Kier alpha value is -1.68. The summed E-state index contributed by atoms with van der Waals surface area (Å²) in [6.45, 7) is 2.42. The van der Waals surface area contributed by atoms with Crippen LogP contribution in [0.5, 0.6) is 0 Å². The maximum atomic E-state index is 12.9. The van der Waals surface area contributed by atoms with Crippen LogP contribution in [0.4, 0.5) is 0 Å². The third-order valence-corrected chi connectivity index (χ3v) is 7.04. The van der Waals surface area contributed by atoms with E-state index in [0.717, 1.165) is 15.3 Å². The van der Waals surface area contributed by atoms with E-state index in [1.807, 2.05) is 22.9 Å². The van der Waals surface area contributed by atoms with Crippen molar-refractivity contribution in [3.05, 3.63) is 33.2 Å². The van der Waals surface area contributed by atoms with Gasteiger partial charge in [0, 0.05) is 36.0 Å². The monoisotopic (exact) mass is 407 g/mol. The molecule has 0 spiro atoms. The molecule has 1 aliphatic rings. The molecule has 4 heterocycles. The highest BCUT2D eigenvalue weighted by atomic mass is 32.2. The van der Waals surface area contributed by atoms with Crippen molar-refractivity contribution in [3.63, 3.8) is 0 Å². The number of carbonyl (C=O) groups is 1. The fraction of sp³-hybridized carbons (Fsp3) is 0.353. The molecule has 1 fully saturated rings. The standard InChI is InChI=1S/C17H17N3O3S3/c1-19-16(22)14-11(12-3-2-8-24-12)9-25-15(14)18-17(19)26-10-13(21)20-4-6-23-7-5-20/h2-3,8-9H,4-7,10H2,1H3. The Morgan fingerprint density at radius 1 is 1.35 bits per heavy atom. The smallest absolute Gasteiger partial charge is 0.263 e. The van der Waals surface area contributed by atoms with Gasteiger partial charge in [0.1, 0.15) is 4.83 Å². The zero-order valence-corrected chi connectivity index (χ0v) is 16.6. The molecule has 0 bridgehead atoms. The summed E-state index contributed by atoms with van der Waals surface area (Å²) >= 11 is 4.39. The van der Waals surface area contributed by atoms with Crippen LogP contribution in [-0.2, 0) is 16.6 Å². The van der Waals surface area contributed by atoms with Crippen molar-refractivity contribution in [3.8, 4) is 10.4 Å². The molecule has 1 aliphatic heterocycles. The number of thioether (sulfide) groups is 1. The minimum Gasteiger partial charge on any atom is -0.378 e. The Kier molecular flexibility index (Phi) is 5.12. The molecule has 1 saturated heterocycles.